The van der Waals surface area contributed by atoms with Crippen molar-refractivity contribution in [2.24, 2.45) is 0 Å². The molecule has 0 saturated carbocycles. The van der Waals surface area contributed by atoms with E-state index in [1.54, 1.807) is 0 Å². The minimum absolute atomic E-state index is 0.255. The predicted molar refractivity (Wildman–Crippen MR) is 89.8 cm³/mol. The highest BCUT2D eigenvalue weighted by Gasteiger charge is 2.06. The van der Waals surface area contributed by atoms with Crippen LogP contribution in [0.5, 0.6) is 5.75 Å². The molecule has 0 aliphatic heterocycles. The van der Waals surface area contributed by atoms with Crippen LogP contribution in [0, 0.1) is 0 Å². The van der Waals surface area contributed by atoms with Crippen molar-refractivity contribution >= 4 is 23.3 Å². The summed E-state index contributed by atoms with van der Waals surface area (Å²) in [6, 6.07) is 14.7. The predicted octanol–water partition coefficient (Wildman–Crippen LogP) is 4.10. The summed E-state index contributed by atoms with van der Waals surface area (Å²) in [7, 11) is 0. The zero-order valence-corrected chi connectivity index (χ0v) is 13.2. The van der Waals surface area contributed by atoms with Gasteiger partial charge in [-0.25, -0.2) is 4.79 Å². The maximum Gasteiger partial charge on any atom is 0.319 e. The van der Waals surface area contributed by atoms with E-state index in [1.807, 2.05) is 55.5 Å². The molecule has 22 heavy (non-hydrogen) atoms. The Morgan fingerprint density at radius 2 is 2.00 bits per heavy atom. The summed E-state index contributed by atoms with van der Waals surface area (Å²) < 4.78 is 5.47. The maximum absolute atomic E-state index is 11.9. The molecule has 0 saturated heterocycles. The fraction of sp³-hybridized carbons (Fsp3) is 0.235. The van der Waals surface area contributed by atoms with Gasteiger partial charge in [0.25, 0.3) is 0 Å². The second-order valence-electron chi connectivity index (χ2n) is 4.69. The lowest BCUT2D eigenvalue weighted by Crippen LogP contribution is -2.30. The molecule has 0 atom stereocenters. The van der Waals surface area contributed by atoms with Gasteiger partial charge in [-0.2, -0.15) is 0 Å². The molecule has 0 aliphatic rings. The van der Waals surface area contributed by atoms with Gasteiger partial charge in [-0.05, 0) is 43.2 Å². The molecule has 2 N–H and O–H groups in total. The van der Waals surface area contributed by atoms with E-state index in [-0.39, 0.29) is 6.03 Å². The van der Waals surface area contributed by atoms with E-state index in [2.05, 4.69) is 10.6 Å². The fourth-order valence-electron chi connectivity index (χ4n) is 2.03. The minimum atomic E-state index is -0.255. The van der Waals surface area contributed by atoms with E-state index < -0.39 is 0 Å². The van der Waals surface area contributed by atoms with Gasteiger partial charge in [0.15, 0.2) is 0 Å². The molecule has 0 fully saturated rings. The molecule has 116 valence electrons. The van der Waals surface area contributed by atoms with Crippen LogP contribution in [0.25, 0.3) is 0 Å². The highest BCUT2D eigenvalue weighted by Crippen LogP contribution is 2.23. The molecule has 0 bridgehead atoms. The molecular formula is C17H19ClN2O2. The third-order valence-electron chi connectivity index (χ3n) is 3.02. The Morgan fingerprint density at radius 3 is 2.77 bits per heavy atom. The molecule has 0 heterocycles. The van der Waals surface area contributed by atoms with Gasteiger partial charge in [-0.15, -0.1) is 0 Å². The van der Waals surface area contributed by atoms with Crippen LogP contribution in [0.2, 0.25) is 5.02 Å². The lowest BCUT2D eigenvalue weighted by Gasteiger charge is -2.12. The number of hydrogen-bond donors (Lipinski definition) is 2. The van der Waals surface area contributed by atoms with Gasteiger partial charge >= 0.3 is 6.03 Å². The third-order valence-corrected chi connectivity index (χ3v) is 3.26. The standard InChI is InChI=1S/C17H19ClN2O2/c1-2-22-16-9-4-3-8-15(16)20-17(21)19-11-10-13-6-5-7-14(18)12-13/h3-9,12H,2,10-11H2,1H3,(H2,19,20,21). The first-order valence-corrected chi connectivity index (χ1v) is 7.58. The van der Waals surface area contributed by atoms with Crippen LogP contribution >= 0.6 is 11.6 Å². The van der Waals surface area contributed by atoms with Crippen LogP contribution in [-0.4, -0.2) is 19.2 Å². The Bertz CT molecular complexity index is 632. The van der Waals surface area contributed by atoms with Crippen LogP contribution in [0.15, 0.2) is 48.5 Å². The second kappa shape index (κ2) is 8.29. The topological polar surface area (TPSA) is 50.4 Å². The molecule has 2 aromatic carbocycles. The van der Waals surface area contributed by atoms with Crippen molar-refractivity contribution in [1.29, 1.82) is 0 Å². The summed E-state index contributed by atoms with van der Waals surface area (Å²) in [6.07, 6.45) is 0.723. The van der Waals surface area contributed by atoms with E-state index in [9.17, 15) is 4.79 Å². The van der Waals surface area contributed by atoms with Crippen molar-refractivity contribution in [3.05, 3.63) is 59.1 Å². The molecule has 0 aromatic heterocycles. The van der Waals surface area contributed by atoms with Crippen molar-refractivity contribution in [3.8, 4) is 5.75 Å². The Balaban J connectivity index is 1.83. The molecule has 2 rings (SSSR count). The summed E-state index contributed by atoms with van der Waals surface area (Å²) >= 11 is 5.93. The normalized spacial score (nSPS) is 10.1. The van der Waals surface area contributed by atoms with Gasteiger partial charge in [0.1, 0.15) is 5.75 Å². The first-order valence-electron chi connectivity index (χ1n) is 7.20. The molecule has 0 radical (unpaired) electrons. The fourth-order valence-corrected chi connectivity index (χ4v) is 2.24. The number of anilines is 1. The van der Waals surface area contributed by atoms with E-state index in [4.69, 9.17) is 16.3 Å². The molecule has 4 nitrogen and oxygen atoms in total. The summed E-state index contributed by atoms with van der Waals surface area (Å²) in [5.41, 5.74) is 1.74. The average Bonchev–Trinajstić information content (AvgIpc) is 2.49. The van der Waals surface area contributed by atoms with Crippen molar-refractivity contribution in [2.45, 2.75) is 13.3 Å². The summed E-state index contributed by atoms with van der Waals surface area (Å²) in [5.74, 6) is 0.662. The lowest BCUT2D eigenvalue weighted by atomic mass is 10.1. The Morgan fingerprint density at radius 1 is 1.18 bits per heavy atom. The number of amides is 2. The van der Waals surface area contributed by atoms with Crippen LogP contribution < -0.4 is 15.4 Å². The largest absolute Gasteiger partial charge is 0.492 e. The van der Waals surface area contributed by atoms with Crippen LogP contribution in [0.1, 0.15) is 12.5 Å². The van der Waals surface area contributed by atoms with Crippen LogP contribution in [0.3, 0.4) is 0 Å². The van der Waals surface area contributed by atoms with Crippen LogP contribution in [-0.2, 0) is 6.42 Å². The van der Waals surface area contributed by atoms with Gasteiger partial charge < -0.3 is 15.4 Å². The molecular weight excluding hydrogens is 300 g/mol. The lowest BCUT2D eigenvalue weighted by molar-refractivity contribution is 0.252. The summed E-state index contributed by atoms with van der Waals surface area (Å²) in [5, 5.41) is 6.31. The minimum Gasteiger partial charge on any atom is -0.492 e. The molecule has 0 spiro atoms. The Labute approximate surface area is 135 Å². The first-order chi connectivity index (χ1) is 10.7. The second-order valence-corrected chi connectivity index (χ2v) is 5.13. The number of carbonyl (C=O) groups excluding carboxylic acids is 1. The number of urea groups is 1. The highest BCUT2D eigenvalue weighted by atomic mass is 35.5. The number of ether oxygens (including phenoxy) is 1. The van der Waals surface area contributed by atoms with Crippen molar-refractivity contribution < 1.29 is 9.53 Å². The zero-order valence-electron chi connectivity index (χ0n) is 12.4. The van der Waals surface area contributed by atoms with Crippen molar-refractivity contribution in [3.63, 3.8) is 0 Å². The number of halogens is 1. The quantitative estimate of drug-likeness (QED) is 0.842. The van der Waals surface area contributed by atoms with Crippen molar-refractivity contribution in [2.75, 3.05) is 18.5 Å². The third kappa shape index (κ3) is 4.97. The number of benzene rings is 2. The number of nitrogens with one attached hydrogen (secondary N) is 2. The number of rotatable bonds is 6. The van der Waals surface area contributed by atoms with Crippen LogP contribution in [0.4, 0.5) is 10.5 Å². The number of carbonyl (C=O) groups is 1. The van der Waals surface area contributed by atoms with Gasteiger partial charge in [0.2, 0.25) is 0 Å². The van der Waals surface area contributed by atoms with E-state index >= 15 is 0 Å². The molecule has 2 aromatic rings. The Hall–Kier alpha value is -2.20. The van der Waals surface area contributed by atoms with E-state index in [1.165, 1.54) is 0 Å². The first kappa shape index (κ1) is 16.2. The van der Waals surface area contributed by atoms with Gasteiger partial charge in [-0.1, -0.05) is 35.9 Å². The maximum atomic E-state index is 11.9. The molecule has 0 aliphatic carbocycles. The number of para-hydroxylation sites is 2. The summed E-state index contributed by atoms with van der Waals surface area (Å²) in [4.78, 5) is 11.9. The van der Waals surface area contributed by atoms with E-state index in [0.29, 0.717) is 29.6 Å². The average molecular weight is 319 g/mol. The summed E-state index contributed by atoms with van der Waals surface area (Å²) in [6.45, 7) is 2.99. The number of hydrogen-bond acceptors (Lipinski definition) is 2. The van der Waals surface area contributed by atoms with Gasteiger partial charge in [0, 0.05) is 11.6 Å². The molecule has 2 amide bonds. The smallest absolute Gasteiger partial charge is 0.319 e. The van der Waals surface area contributed by atoms with Gasteiger partial charge in [-0.3, -0.25) is 0 Å². The zero-order chi connectivity index (χ0) is 15.8. The highest BCUT2D eigenvalue weighted by molar-refractivity contribution is 6.30. The monoisotopic (exact) mass is 318 g/mol. The van der Waals surface area contributed by atoms with E-state index in [0.717, 1.165) is 12.0 Å². The van der Waals surface area contributed by atoms with Gasteiger partial charge in [0.05, 0.1) is 12.3 Å². The Kier molecular flexibility index (Phi) is 6.10. The molecule has 0 unspecified atom stereocenters. The SMILES string of the molecule is CCOc1ccccc1NC(=O)NCCc1cccc(Cl)c1. The molecule has 5 heteroatoms. The van der Waals surface area contributed by atoms with Crippen molar-refractivity contribution in [1.82, 2.24) is 5.32 Å².